The molecule has 5 nitrogen and oxygen atoms in total. The molecule has 0 atom stereocenters. The molecule has 1 aromatic rings. The molecule has 104 valence electrons. The zero-order valence-corrected chi connectivity index (χ0v) is 11.2. The van der Waals surface area contributed by atoms with Gasteiger partial charge in [0.1, 0.15) is 11.2 Å². The maximum atomic E-state index is 11.2. The molecule has 2 N–H and O–H groups in total. The second-order valence-corrected chi connectivity index (χ2v) is 5.09. The van der Waals surface area contributed by atoms with E-state index in [4.69, 9.17) is 9.47 Å². The molecule has 1 aromatic carbocycles. The molecule has 0 amide bonds. The van der Waals surface area contributed by atoms with Crippen molar-refractivity contribution >= 4 is 11.7 Å². The molecular weight excluding hydrogens is 246 g/mol. The number of benzene rings is 1. The maximum Gasteiger partial charge on any atom is 0.316 e. The minimum atomic E-state index is -0.825. The number of rotatable bonds is 6. The fourth-order valence-corrected chi connectivity index (χ4v) is 1.88. The smallest absolute Gasteiger partial charge is 0.316 e. The number of anilines is 1. The highest BCUT2D eigenvalue weighted by Gasteiger charge is 2.46. The molecule has 1 aliphatic heterocycles. The predicted molar refractivity (Wildman–Crippen MR) is 71.6 cm³/mol. The van der Waals surface area contributed by atoms with Crippen molar-refractivity contribution in [3.63, 3.8) is 0 Å². The SMILES string of the molecule is CC(C)Oc1ccccc1NCC1(C(=O)O)COC1. The van der Waals surface area contributed by atoms with Gasteiger partial charge < -0.3 is 19.9 Å². The van der Waals surface area contributed by atoms with Gasteiger partial charge in [0.25, 0.3) is 0 Å². The number of carbonyl (C=O) groups is 1. The van der Waals surface area contributed by atoms with Crippen LogP contribution in [0.25, 0.3) is 0 Å². The van der Waals surface area contributed by atoms with Gasteiger partial charge in [0.2, 0.25) is 0 Å². The number of ether oxygens (including phenoxy) is 2. The van der Waals surface area contributed by atoms with Gasteiger partial charge in [0.05, 0.1) is 25.0 Å². The van der Waals surface area contributed by atoms with Crippen LogP contribution in [0, 0.1) is 5.41 Å². The summed E-state index contributed by atoms with van der Waals surface area (Å²) in [7, 11) is 0. The third-order valence-electron chi connectivity index (χ3n) is 3.08. The Bertz CT molecular complexity index is 455. The van der Waals surface area contributed by atoms with Crippen LogP contribution in [0.5, 0.6) is 5.75 Å². The summed E-state index contributed by atoms with van der Waals surface area (Å²) in [5.74, 6) is -0.0909. The van der Waals surface area contributed by atoms with Gasteiger partial charge in [-0.3, -0.25) is 4.79 Å². The number of hydrogen-bond acceptors (Lipinski definition) is 4. The van der Waals surface area contributed by atoms with Gasteiger partial charge in [0, 0.05) is 6.54 Å². The van der Waals surface area contributed by atoms with E-state index in [0.29, 0.717) is 6.54 Å². The molecule has 0 unspecified atom stereocenters. The molecule has 0 saturated carbocycles. The Labute approximate surface area is 112 Å². The summed E-state index contributed by atoms with van der Waals surface area (Å²) in [4.78, 5) is 11.2. The van der Waals surface area contributed by atoms with Crippen LogP contribution in [-0.2, 0) is 9.53 Å². The Kier molecular flexibility index (Phi) is 3.95. The van der Waals surface area contributed by atoms with E-state index in [2.05, 4.69) is 5.32 Å². The van der Waals surface area contributed by atoms with Crippen LogP contribution in [0.3, 0.4) is 0 Å². The van der Waals surface area contributed by atoms with Gasteiger partial charge in [-0.15, -0.1) is 0 Å². The van der Waals surface area contributed by atoms with Crippen molar-refractivity contribution in [2.75, 3.05) is 25.1 Å². The number of carboxylic acids is 1. The first-order chi connectivity index (χ1) is 9.03. The third kappa shape index (κ3) is 2.98. The zero-order chi connectivity index (χ0) is 13.9. The molecule has 1 saturated heterocycles. The summed E-state index contributed by atoms with van der Waals surface area (Å²) in [5, 5.41) is 12.4. The standard InChI is InChI=1S/C14H19NO4/c1-10(2)19-12-6-4-3-5-11(12)15-7-14(13(16)17)8-18-9-14/h3-6,10,15H,7-9H2,1-2H3,(H,16,17). The van der Waals surface area contributed by atoms with Crippen LogP contribution in [0.15, 0.2) is 24.3 Å². The lowest BCUT2D eigenvalue weighted by atomic mass is 9.86. The summed E-state index contributed by atoms with van der Waals surface area (Å²) < 4.78 is 10.7. The molecule has 1 aliphatic rings. The van der Waals surface area contributed by atoms with Crippen molar-refractivity contribution in [1.29, 1.82) is 0 Å². The Morgan fingerprint density at radius 1 is 1.47 bits per heavy atom. The quantitative estimate of drug-likeness (QED) is 0.823. The average Bonchev–Trinajstić information content (AvgIpc) is 2.28. The summed E-state index contributed by atoms with van der Waals surface area (Å²) in [6.07, 6.45) is 0.0726. The van der Waals surface area contributed by atoms with Gasteiger partial charge in [-0.25, -0.2) is 0 Å². The van der Waals surface area contributed by atoms with Crippen molar-refractivity contribution < 1.29 is 19.4 Å². The zero-order valence-electron chi connectivity index (χ0n) is 11.2. The number of aliphatic carboxylic acids is 1. The van der Waals surface area contributed by atoms with Gasteiger partial charge in [-0.2, -0.15) is 0 Å². The first-order valence-electron chi connectivity index (χ1n) is 6.34. The molecule has 1 heterocycles. The fourth-order valence-electron chi connectivity index (χ4n) is 1.88. The van der Waals surface area contributed by atoms with Crippen molar-refractivity contribution in [2.24, 2.45) is 5.41 Å². The third-order valence-corrected chi connectivity index (χ3v) is 3.08. The predicted octanol–water partition coefficient (Wildman–Crippen LogP) is 1.99. The van der Waals surface area contributed by atoms with Crippen LogP contribution in [-0.4, -0.2) is 36.9 Å². The van der Waals surface area contributed by atoms with Crippen LogP contribution in [0.4, 0.5) is 5.69 Å². The van der Waals surface area contributed by atoms with E-state index in [1.54, 1.807) is 0 Å². The Hall–Kier alpha value is -1.75. The van der Waals surface area contributed by atoms with Crippen molar-refractivity contribution in [3.8, 4) is 5.75 Å². The molecule has 2 rings (SSSR count). The van der Waals surface area contributed by atoms with E-state index in [-0.39, 0.29) is 19.3 Å². The Balaban J connectivity index is 2.05. The highest BCUT2D eigenvalue weighted by molar-refractivity contribution is 5.77. The highest BCUT2D eigenvalue weighted by atomic mass is 16.5. The summed E-state index contributed by atoms with van der Waals surface area (Å²) >= 11 is 0. The van der Waals surface area contributed by atoms with Gasteiger partial charge >= 0.3 is 5.97 Å². The number of para-hydroxylation sites is 2. The van der Waals surface area contributed by atoms with Crippen molar-refractivity contribution in [3.05, 3.63) is 24.3 Å². The van der Waals surface area contributed by atoms with E-state index in [1.807, 2.05) is 38.1 Å². The fraction of sp³-hybridized carbons (Fsp3) is 0.500. The monoisotopic (exact) mass is 265 g/mol. The Morgan fingerprint density at radius 2 is 2.16 bits per heavy atom. The van der Waals surface area contributed by atoms with Crippen LogP contribution in [0.2, 0.25) is 0 Å². The molecule has 1 fully saturated rings. The largest absolute Gasteiger partial charge is 0.489 e. The lowest BCUT2D eigenvalue weighted by molar-refractivity contribution is -0.176. The molecule has 0 radical (unpaired) electrons. The average molecular weight is 265 g/mol. The second kappa shape index (κ2) is 5.48. The topological polar surface area (TPSA) is 67.8 Å². The van der Waals surface area contributed by atoms with Crippen LogP contribution in [0.1, 0.15) is 13.8 Å². The van der Waals surface area contributed by atoms with Gasteiger partial charge in [-0.1, -0.05) is 12.1 Å². The van der Waals surface area contributed by atoms with E-state index in [9.17, 15) is 9.90 Å². The van der Waals surface area contributed by atoms with Crippen LogP contribution < -0.4 is 10.1 Å². The van der Waals surface area contributed by atoms with E-state index < -0.39 is 11.4 Å². The van der Waals surface area contributed by atoms with Crippen molar-refractivity contribution in [1.82, 2.24) is 0 Å². The second-order valence-electron chi connectivity index (χ2n) is 5.09. The molecule has 5 heteroatoms. The highest BCUT2D eigenvalue weighted by Crippen LogP contribution is 2.31. The van der Waals surface area contributed by atoms with E-state index >= 15 is 0 Å². The minimum Gasteiger partial charge on any atom is -0.489 e. The van der Waals surface area contributed by atoms with Gasteiger partial charge in [0.15, 0.2) is 0 Å². The van der Waals surface area contributed by atoms with Crippen molar-refractivity contribution in [2.45, 2.75) is 20.0 Å². The molecule has 0 spiro atoms. The lowest BCUT2D eigenvalue weighted by Gasteiger charge is -2.37. The summed E-state index contributed by atoms with van der Waals surface area (Å²) in [6.45, 7) is 4.75. The van der Waals surface area contributed by atoms with Crippen LogP contribution >= 0.6 is 0 Å². The Morgan fingerprint density at radius 3 is 2.68 bits per heavy atom. The molecule has 0 aliphatic carbocycles. The molecule has 0 bridgehead atoms. The first kappa shape index (κ1) is 13.7. The maximum absolute atomic E-state index is 11.2. The van der Waals surface area contributed by atoms with E-state index in [1.165, 1.54) is 0 Å². The number of nitrogens with one attached hydrogen (secondary N) is 1. The lowest BCUT2D eigenvalue weighted by Crippen LogP contribution is -2.53. The molecule has 0 aromatic heterocycles. The minimum absolute atomic E-state index is 0.0726. The summed E-state index contributed by atoms with van der Waals surface area (Å²) in [5.41, 5.74) is -0.00554. The molecule has 19 heavy (non-hydrogen) atoms. The summed E-state index contributed by atoms with van der Waals surface area (Å²) in [6, 6.07) is 7.53. The molecular formula is C14H19NO4. The normalized spacial score (nSPS) is 16.8. The number of carboxylic acid groups (broad SMARTS) is 1. The first-order valence-corrected chi connectivity index (χ1v) is 6.34. The van der Waals surface area contributed by atoms with Gasteiger partial charge in [-0.05, 0) is 26.0 Å². The number of hydrogen-bond donors (Lipinski definition) is 2. The van der Waals surface area contributed by atoms with E-state index in [0.717, 1.165) is 11.4 Å².